The van der Waals surface area contributed by atoms with Crippen molar-refractivity contribution in [3.8, 4) is 11.1 Å². The number of rotatable bonds is 3. The lowest BCUT2D eigenvalue weighted by Gasteiger charge is -2.34. The van der Waals surface area contributed by atoms with Crippen molar-refractivity contribution >= 4 is 5.91 Å². The highest BCUT2D eigenvalue weighted by molar-refractivity contribution is 5.98. The maximum absolute atomic E-state index is 12.7. The SMILES string of the molecule is O=C(c1occc1-c1ccccc1)N1CCCCC1CO. The maximum Gasteiger partial charge on any atom is 0.290 e. The summed E-state index contributed by atoms with van der Waals surface area (Å²) < 4.78 is 5.45. The van der Waals surface area contributed by atoms with E-state index in [1.54, 1.807) is 11.2 Å². The lowest BCUT2D eigenvalue weighted by molar-refractivity contribution is 0.0474. The van der Waals surface area contributed by atoms with E-state index in [4.69, 9.17) is 4.42 Å². The number of benzene rings is 1. The molecule has 1 N–H and O–H groups in total. The quantitative estimate of drug-likeness (QED) is 0.943. The summed E-state index contributed by atoms with van der Waals surface area (Å²) in [4.78, 5) is 14.5. The molecule has 1 atom stereocenters. The van der Waals surface area contributed by atoms with Gasteiger partial charge in [0.2, 0.25) is 0 Å². The van der Waals surface area contributed by atoms with Crippen molar-refractivity contribution in [1.29, 1.82) is 0 Å². The van der Waals surface area contributed by atoms with E-state index in [9.17, 15) is 9.90 Å². The molecule has 0 bridgehead atoms. The molecule has 1 aliphatic heterocycles. The van der Waals surface area contributed by atoms with Crippen molar-refractivity contribution in [2.75, 3.05) is 13.2 Å². The summed E-state index contributed by atoms with van der Waals surface area (Å²) in [6, 6.07) is 11.5. The van der Waals surface area contributed by atoms with Gasteiger partial charge in [0.05, 0.1) is 18.9 Å². The second-order valence-corrected chi connectivity index (χ2v) is 5.36. The number of amides is 1. The molecule has 4 nitrogen and oxygen atoms in total. The van der Waals surface area contributed by atoms with Crippen LogP contribution >= 0.6 is 0 Å². The van der Waals surface area contributed by atoms with Crippen molar-refractivity contribution in [3.05, 3.63) is 48.4 Å². The molecule has 21 heavy (non-hydrogen) atoms. The van der Waals surface area contributed by atoms with Crippen LogP contribution in [0.25, 0.3) is 11.1 Å². The van der Waals surface area contributed by atoms with Crippen LogP contribution in [0.15, 0.2) is 47.1 Å². The van der Waals surface area contributed by atoms with Gasteiger partial charge in [0.1, 0.15) is 0 Å². The van der Waals surface area contributed by atoms with E-state index < -0.39 is 0 Å². The second kappa shape index (κ2) is 6.14. The van der Waals surface area contributed by atoms with Crippen LogP contribution in [0.3, 0.4) is 0 Å². The zero-order valence-electron chi connectivity index (χ0n) is 11.9. The molecule has 4 heteroatoms. The summed E-state index contributed by atoms with van der Waals surface area (Å²) in [6.07, 6.45) is 4.43. The molecule has 1 unspecified atom stereocenters. The Morgan fingerprint density at radius 3 is 2.81 bits per heavy atom. The Hall–Kier alpha value is -2.07. The Balaban J connectivity index is 1.90. The first kappa shape index (κ1) is 13.9. The van der Waals surface area contributed by atoms with Gasteiger partial charge < -0.3 is 14.4 Å². The number of likely N-dealkylation sites (tertiary alicyclic amines) is 1. The average molecular weight is 285 g/mol. The Labute approximate surface area is 124 Å². The smallest absolute Gasteiger partial charge is 0.290 e. The largest absolute Gasteiger partial charge is 0.459 e. The summed E-state index contributed by atoms with van der Waals surface area (Å²) in [5.74, 6) is 0.235. The Morgan fingerprint density at radius 2 is 2.05 bits per heavy atom. The fourth-order valence-electron chi connectivity index (χ4n) is 2.91. The topological polar surface area (TPSA) is 53.7 Å². The third kappa shape index (κ3) is 2.72. The molecule has 1 amide bonds. The van der Waals surface area contributed by atoms with E-state index in [1.807, 2.05) is 36.4 Å². The maximum atomic E-state index is 12.7. The minimum Gasteiger partial charge on any atom is -0.459 e. The molecule has 3 rings (SSSR count). The molecule has 2 heterocycles. The fraction of sp³-hybridized carbons (Fsp3) is 0.353. The summed E-state index contributed by atoms with van der Waals surface area (Å²) in [6.45, 7) is 0.687. The van der Waals surface area contributed by atoms with Crippen LogP contribution in [0.1, 0.15) is 29.8 Å². The van der Waals surface area contributed by atoms with Crippen LogP contribution < -0.4 is 0 Å². The first-order valence-corrected chi connectivity index (χ1v) is 7.36. The Kier molecular flexibility index (Phi) is 4.06. The molecule has 0 spiro atoms. The van der Waals surface area contributed by atoms with Crippen molar-refractivity contribution < 1.29 is 14.3 Å². The van der Waals surface area contributed by atoms with Gasteiger partial charge in [0.15, 0.2) is 5.76 Å². The number of aliphatic hydroxyl groups excluding tert-OH is 1. The van der Waals surface area contributed by atoms with Crippen LogP contribution in [-0.2, 0) is 0 Å². The molecule has 1 aromatic heterocycles. The normalized spacial score (nSPS) is 18.7. The predicted molar refractivity (Wildman–Crippen MR) is 79.9 cm³/mol. The van der Waals surface area contributed by atoms with Crippen LogP contribution in [0.5, 0.6) is 0 Å². The highest BCUT2D eigenvalue weighted by Crippen LogP contribution is 2.28. The van der Waals surface area contributed by atoms with E-state index in [2.05, 4.69) is 0 Å². The van der Waals surface area contributed by atoms with Gasteiger partial charge in [0.25, 0.3) is 5.91 Å². The molecule has 1 aliphatic rings. The molecule has 2 aromatic rings. The number of carbonyl (C=O) groups excluding carboxylic acids is 1. The van der Waals surface area contributed by atoms with Gasteiger partial charge in [-0.3, -0.25) is 4.79 Å². The summed E-state index contributed by atoms with van der Waals surface area (Å²) in [7, 11) is 0. The minimum atomic E-state index is -0.127. The monoisotopic (exact) mass is 285 g/mol. The van der Waals surface area contributed by atoms with Crippen molar-refractivity contribution in [1.82, 2.24) is 4.90 Å². The zero-order valence-corrected chi connectivity index (χ0v) is 11.9. The third-order valence-electron chi connectivity index (χ3n) is 4.04. The van der Waals surface area contributed by atoms with Gasteiger partial charge in [-0.25, -0.2) is 0 Å². The molecule has 0 saturated carbocycles. The molecule has 1 fully saturated rings. The van der Waals surface area contributed by atoms with Crippen LogP contribution in [0, 0.1) is 0 Å². The van der Waals surface area contributed by atoms with Gasteiger partial charge >= 0.3 is 0 Å². The first-order chi connectivity index (χ1) is 10.3. The van der Waals surface area contributed by atoms with Gasteiger partial charge in [-0.1, -0.05) is 30.3 Å². The van der Waals surface area contributed by atoms with E-state index in [0.717, 1.165) is 30.4 Å². The number of aliphatic hydroxyl groups is 1. The molecule has 0 aliphatic carbocycles. The number of piperidine rings is 1. The number of hydrogen-bond donors (Lipinski definition) is 1. The number of furan rings is 1. The predicted octanol–water partition coefficient (Wildman–Crippen LogP) is 2.93. The lowest BCUT2D eigenvalue weighted by atomic mass is 10.0. The summed E-state index contributed by atoms with van der Waals surface area (Å²) in [5.41, 5.74) is 1.77. The van der Waals surface area contributed by atoms with Crippen molar-refractivity contribution in [3.63, 3.8) is 0 Å². The zero-order chi connectivity index (χ0) is 14.7. The molecular weight excluding hydrogens is 266 g/mol. The third-order valence-corrected chi connectivity index (χ3v) is 4.04. The summed E-state index contributed by atoms with van der Waals surface area (Å²) in [5, 5.41) is 9.47. The molecular formula is C17H19NO3. The molecule has 110 valence electrons. The standard InChI is InChI=1S/C17H19NO3/c19-12-14-8-4-5-10-18(14)17(20)16-15(9-11-21-16)13-6-2-1-3-7-13/h1-3,6-7,9,11,14,19H,4-5,8,10,12H2. The minimum absolute atomic E-state index is 0.00706. The lowest BCUT2D eigenvalue weighted by Crippen LogP contribution is -2.45. The van der Waals surface area contributed by atoms with Crippen LogP contribution in [0.2, 0.25) is 0 Å². The highest BCUT2D eigenvalue weighted by Gasteiger charge is 2.30. The van der Waals surface area contributed by atoms with Gasteiger partial charge in [-0.05, 0) is 30.9 Å². The molecule has 1 aromatic carbocycles. The molecule has 0 radical (unpaired) electrons. The number of hydrogen-bond acceptors (Lipinski definition) is 3. The average Bonchev–Trinajstić information content (AvgIpc) is 3.04. The van der Waals surface area contributed by atoms with Crippen LogP contribution in [0.4, 0.5) is 0 Å². The fourth-order valence-corrected chi connectivity index (χ4v) is 2.91. The summed E-state index contributed by atoms with van der Waals surface area (Å²) >= 11 is 0. The first-order valence-electron chi connectivity index (χ1n) is 7.36. The second-order valence-electron chi connectivity index (χ2n) is 5.36. The van der Waals surface area contributed by atoms with Gasteiger partial charge in [0, 0.05) is 12.1 Å². The van der Waals surface area contributed by atoms with Crippen LogP contribution in [-0.4, -0.2) is 35.1 Å². The van der Waals surface area contributed by atoms with E-state index in [1.165, 1.54) is 0 Å². The van der Waals surface area contributed by atoms with E-state index in [0.29, 0.717) is 12.3 Å². The Bertz CT molecular complexity index is 606. The van der Waals surface area contributed by atoms with Crippen molar-refractivity contribution in [2.45, 2.75) is 25.3 Å². The van der Waals surface area contributed by atoms with E-state index in [-0.39, 0.29) is 18.6 Å². The van der Waals surface area contributed by atoms with Crippen molar-refractivity contribution in [2.24, 2.45) is 0 Å². The highest BCUT2D eigenvalue weighted by atomic mass is 16.3. The van der Waals surface area contributed by atoms with Gasteiger partial charge in [-0.15, -0.1) is 0 Å². The number of carbonyl (C=O) groups is 1. The number of nitrogens with zero attached hydrogens (tertiary/aromatic N) is 1. The molecule has 1 saturated heterocycles. The Morgan fingerprint density at radius 1 is 1.24 bits per heavy atom. The van der Waals surface area contributed by atoms with E-state index >= 15 is 0 Å². The van der Waals surface area contributed by atoms with Gasteiger partial charge in [-0.2, -0.15) is 0 Å².